The molecule has 1 atom stereocenters. The molecule has 0 amide bonds. The summed E-state index contributed by atoms with van der Waals surface area (Å²) in [5.41, 5.74) is 0. The van der Waals surface area contributed by atoms with Gasteiger partial charge in [-0.2, -0.15) is 0 Å². The van der Waals surface area contributed by atoms with Crippen LogP contribution in [0.15, 0.2) is 17.5 Å². The Labute approximate surface area is 103 Å². The molecular weight excluding hydrogens is 242 g/mol. The molecule has 1 unspecified atom stereocenters. The third-order valence-corrected chi connectivity index (χ3v) is 3.35. The number of hydrogen-bond donors (Lipinski definition) is 2. The van der Waals surface area contributed by atoms with Gasteiger partial charge in [-0.3, -0.25) is 14.5 Å². The van der Waals surface area contributed by atoms with Crippen LogP contribution in [0.4, 0.5) is 0 Å². The zero-order valence-corrected chi connectivity index (χ0v) is 10.3. The minimum Gasteiger partial charge on any atom is -0.480 e. The Morgan fingerprint density at radius 1 is 1.35 bits per heavy atom. The highest BCUT2D eigenvalue weighted by atomic mass is 32.1. The van der Waals surface area contributed by atoms with Crippen LogP contribution in [-0.2, 0) is 9.59 Å². The summed E-state index contributed by atoms with van der Waals surface area (Å²) in [6, 6.07) is 3.62. The molecule has 0 aliphatic heterocycles. The SMILES string of the molecule is CCC(c1cccs1)N(CC(=O)O)CC(=O)O. The van der Waals surface area contributed by atoms with E-state index in [0.29, 0.717) is 6.42 Å². The van der Waals surface area contributed by atoms with Gasteiger partial charge in [0.2, 0.25) is 0 Å². The average molecular weight is 257 g/mol. The van der Waals surface area contributed by atoms with E-state index in [9.17, 15) is 9.59 Å². The molecule has 0 saturated heterocycles. The lowest BCUT2D eigenvalue weighted by molar-refractivity contribution is -0.142. The highest BCUT2D eigenvalue weighted by molar-refractivity contribution is 7.10. The van der Waals surface area contributed by atoms with Gasteiger partial charge in [-0.05, 0) is 17.9 Å². The van der Waals surface area contributed by atoms with Crippen molar-refractivity contribution >= 4 is 23.3 Å². The summed E-state index contributed by atoms with van der Waals surface area (Å²) in [5.74, 6) is -2.03. The van der Waals surface area contributed by atoms with Gasteiger partial charge in [-0.1, -0.05) is 13.0 Å². The molecule has 1 aromatic heterocycles. The van der Waals surface area contributed by atoms with Gasteiger partial charge in [0.15, 0.2) is 0 Å². The second-order valence-corrected chi connectivity index (χ2v) is 4.61. The van der Waals surface area contributed by atoms with Gasteiger partial charge < -0.3 is 10.2 Å². The van der Waals surface area contributed by atoms with E-state index in [-0.39, 0.29) is 19.1 Å². The van der Waals surface area contributed by atoms with Crippen molar-refractivity contribution in [2.75, 3.05) is 13.1 Å². The first-order valence-electron chi connectivity index (χ1n) is 5.25. The first kappa shape index (κ1) is 13.7. The maximum Gasteiger partial charge on any atom is 0.317 e. The van der Waals surface area contributed by atoms with Gasteiger partial charge in [0.25, 0.3) is 0 Å². The van der Waals surface area contributed by atoms with Gasteiger partial charge in [0.1, 0.15) is 0 Å². The predicted octanol–water partition coefficient (Wildman–Crippen LogP) is 1.67. The van der Waals surface area contributed by atoms with Gasteiger partial charge in [-0.25, -0.2) is 0 Å². The number of aliphatic carboxylic acids is 2. The zero-order chi connectivity index (χ0) is 12.8. The summed E-state index contributed by atoms with van der Waals surface area (Å²) in [7, 11) is 0. The lowest BCUT2D eigenvalue weighted by Crippen LogP contribution is -2.37. The number of carboxylic acids is 2. The molecule has 0 aliphatic rings. The molecule has 6 heteroatoms. The van der Waals surface area contributed by atoms with Gasteiger partial charge in [-0.15, -0.1) is 11.3 Å². The minimum atomic E-state index is -1.01. The van der Waals surface area contributed by atoms with E-state index < -0.39 is 11.9 Å². The molecule has 1 heterocycles. The average Bonchev–Trinajstić information content (AvgIpc) is 2.70. The fourth-order valence-corrected chi connectivity index (χ4v) is 2.69. The fraction of sp³-hybridized carbons (Fsp3) is 0.455. The predicted molar refractivity (Wildman–Crippen MR) is 64.2 cm³/mol. The van der Waals surface area contributed by atoms with Crippen molar-refractivity contribution in [1.82, 2.24) is 4.90 Å². The summed E-state index contributed by atoms with van der Waals surface area (Å²) in [6.45, 7) is 1.40. The Morgan fingerprint density at radius 2 is 1.94 bits per heavy atom. The van der Waals surface area contributed by atoms with Crippen molar-refractivity contribution in [2.45, 2.75) is 19.4 Å². The first-order chi connectivity index (χ1) is 8.04. The number of nitrogens with zero attached hydrogens (tertiary/aromatic N) is 1. The van der Waals surface area contributed by atoms with Crippen LogP contribution in [0.3, 0.4) is 0 Å². The van der Waals surface area contributed by atoms with Crippen molar-refractivity contribution in [3.8, 4) is 0 Å². The summed E-state index contributed by atoms with van der Waals surface area (Å²) in [5, 5.41) is 19.5. The summed E-state index contributed by atoms with van der Waals surface area (Å²) >= 11 is 1.51. The van der Waals surface area contributed by atoms with Crippen LogP contribution >= 0.6 is 11.3 Å². The molecule has 0 aliphatic carbocycles. The van der Waals surface area contributed by atoms with Crippen LogP contribution in [0.25, 0.3) is 0 Å². The van der Waals surface area contributed by atoms with Crippen LogP contribution in [0.1, 0.15) is 24.3 Å². The molecule has 17 heavy (non-hydrogen) atoms. The van der Waals surface area contributed by atoms with Crippen LogP contribution < -0.4 is 0 Å². The Morgan fingerprint density at radius 3 is 2.29 bits per heavy atom. The minimum absolute atomic E-state index is 0.151. The van der Waals surface area contributed by atoms with Crippen molar-refractivity contribution < 1.29 is 19.8 Å². The number of carboxylic acid groups (broad SMARTS) is 2. The van der Waals surface area contributed by atoms with Crippen LogP contribution in [0.5, 0.6) is 0 Å². The summed E-state index contributed by atoms with van der Waals surface area (Å²) in [6.07, 6.45) is 0.682. The van der Waals surface area contributed by atoms with Crippen LogP contribution in [0.2, 0.25) is 0 Å². The number of carbonyl (C=O) groups is 2. The van der Waals surface area contributed by atoms with Crippen molar-refractivity contribution in [2.24, 2.45) is 0 Å². The van der Waals surface area contributed by atoms with Crippen LogP contribution in [0, 0.1) is 0 Å². The van der Waals surface area contributed by atoms with Gasteiger partial charge in [0, 0.05) is 10.9 Å². The van der Waals surface area contributed by atoms with E-state index >= 15 is 0 Å². The quantitative estimate of drug-likeness (QED) is 0.777. The van der Waals surface area contributed by atoms with Crippen molar-refractivity contribution in [3.05, 3.63) is 22.4 Å². The first-order valence-corrected chi connectivity index (χ1v) is 6.13. The third-order valence-electron chi connectivity index (χ3n) is 2.38. The largest absolute Gasteiger partial charge is 0.480 e. The maximum absolute atomic E-state index is 10.7. The third kappa shape index (κ3) is 4.16. The highest BCUT2D eigenvalue weighted by Crippen LogP contribution is 2.27. The van der Waals surface area contributed by atoms with Crippen molar-refractivity contribution in [1.29, 1.82) is 0 Å². The lowest BCUT2D eigenvalue weighted by Gasteiger charge is -2.27. The molecule has 0 saturated carbocycles. The Bertz CT molecular complexity index is 361. The van der Waals surface area contributed by atoms with Crippen LogP contribution in [-0.4, -0.2) is 40.1 Å². The topological polar surface area (TPSA) is 77.8 Å². The highest BCUT2D eigenvalue weighted by Gasteiger charge is 2.23. The molecule has 0 fully saturated rings. The van der Waals surface area contributed by atoms with E-state index in [4.69, 9.17) is 10.2 Å². The Hall–Kier alpha value is -1.40. The lowest BCUT2D eigenvalue weighted by atomic mass is 10.1. The van der Waals surface area contributed by atoms with E-state index in [1.165, 1.54) is 16.2 Å². The molecular formula is C11H15NO4S. The summed E-state index contributed by atoms with van der Waals surface area (Å²) < 4.78 is 0. The molecule has 1 rings (SSSR count). The van der Waals surface area contributed by atoms with Crippen molar-refractivity contribution in [3.63, 3.8) is 0 Å². The molecule has 0 radical (unpaired) electrons. The molecule has 2 N–H and O–H groups in total. The van der Waals surface area contributed by atoms with Gasteiger partial charge >= 0.3 is 11.9 Å². The molecule has 1 aromatic rings. The standard InChI is InChI=1S/C11H15NO4S/c1-2-8(9-4-3-5-17-9)12(6-10(13)14)7-11(15)16/h3-5,8H,2,6-7H2,1H3,(H,13,14)(H,15,16). The van der Waals surface area contributed by atoms with E-state index in [1.54, 1.807) is 0 Å². The molecule has 0 spiro atoms. The summed E-state index contributed by atoms with van der Waals surface area (Å²) in [4.78, 5) is 24.0. The van der Waals surface area contributed by atoms with E-state index in [0.717, 1.165) is 4.88 Å². The fourth-order valence-electron chi connectivity index (χ4n) is 1.74. The maximum atomic E-state index is 10.7. The molecule has 0 aromatic carbocycles. The second kappa shape index (κ2) is 6.36. The monoisotopic (exact) mass is 257 g/mol. The number of rotatable bonds is 7. The molecule has 94 valence electrons. The van der Waals surface area contributed by atoms with Gasteiger partial charge in [0.05, 0.1) is 13.1 Å². The second-order valence-electron chi connectivity index (χ2n) is 3.63. The van der Waals surface area contributed by atoms with E-state index in [2.05, 4.69) is 0 Å². The normalized spacial score (nSPS) is 12.6. The molecule has 5 nitrogen and oxygen atoms in total. The zero-order valence-electron chi connectivity index (χ0n) is 9.50. The van der Waals surface area contributed by atoms with E-state index in [1.807, 2.05) is 24.4 Å². The number of thiophene rings is 1. The number of hydrogen-bond acceptors (Lipinski definition) is 4. The Balaban J connectivity index is 2.85. The molecule has 0 bridgehead atoms. The Kier molecular flexibility index (Phi) is 5.11. The smallest absolute Gasteiger partial charge is 0.317 e.